The Balaban J connectivity index is 1.22. The molecule has 3 heterocycles. The number of anilines is 1. The lowest BCUT2D eigenvalue weighted by atomic mass is 10.0. The summed E-state index contributed by atoms with van der Waals surface area (Å²) >= 11 is 0. The molecule has 0 atom stereocenters. The van der Waals surface area contributed by atoms with Gasteiger partial charge >= 0.3 is 0 Å². The lowest BCUT2D eigenvalue weighted by molar-refractivity contribution is -0.110. The highest BCUT2D eigenvalue weighted by molar-refractivity contribution is 6.34. The molecule has 0 saturated heterocycles. The first-order valence-corrected chi connectivity index (χ1v) is 11.6. The second kappa shape index (κ2) is 10.5. The molecule has 5 rings (SSSR count). The predicted molar refractivity (Wildman–Crippen MR) is 139 cm³/mol. The number of benzene rings is 2. The first-order valence-electron chi connectivity index (χ1n) is 11.6. The largest absolute Gasteiger partial charge is 0.362 e. The van der Waals surface area contributed by atoms with Gasteiger partial charge in [-0.2, -0.15) is 5.10 Å². The third-order valence-corrected chi connectivity index (χ3v) is 5.91. The van der Waals surface area contributed by atoms with Crippen molar-refractivity contribution in [2.45, 2.75) is 6.54 Å². The van der Waals surface area contributed by atoms with Crippen molar-refractivity contribution < 1.29 is 18.4 Å². The molecule has 190 valence electrons. The van der Waals surface area contributed by atoms with Crippen LogP contribution in [0.4, 0.5) is 14.5 Å². The van der Waals surface area contributed by atoms with Crippen LogP contribution >= 0.6 is 0 Å². The number of rotatable bonds is 7. The van der Waals surface area contributed by atoms with Gasteiger partial charge in [0.2, 0.25) is 0 Å². The monoisotopic (exact) mass is 513 g/mol. The van der Waals surface area contributed by atoms with Crippen LogP contribution in [0, 0.1) is 11.6 Å². The Bertz CT molecular complexity index is 1660. The Kier molecular flexibility index (Phi) is 6.77. The number of aromatic amines is 1. The molecule has 0 aliphatic carbocycles. The average Bonchev–Trinajstić information content (AvgIpc) is 3.53. The van der Waals surface area contributed by atoms with E-state index in [0.717, 1.165) is 33.6 Å². The molecule has 0 fully saturated rings. The van der Waals surface area contributed by atoms with Crippen LogP contribution in [0.5, 0.6) is 0 Å². The zero-order valence-electron chi connectivity index (χ0n) is 19.9. The van der Waals surface area contributed by atoms with Crippen LogP contribution in [0.1, 0.15) is 32.7 Å². The highest BCUT2D eigenvalue weighted by atomic mass is 19.2. The molecular formula is C28H21F2N5O3. The van der Waals surface area contributed by atoms with Crippen molar-refractivity contribution in [3.8, 4) is 0 Å². The number of hydrogen-bond acceptors (Lipinski definition) is 4. The van der Waals surface area contributed by atoms with Gasteiger partial charge in [0.25, 0.3) is 17.4 Å². The summed E-state index contributed by atoms with van der Waals surface area (Å²) in [6.45, 7) is 0.0268. The van der Waals surface area contributed by atoms with Crippen molar-refractivity contribution in [1.82, 2.24) is 20.1 Å². The summed E-state index contributed by atoms with van der Waals surface area (Å²) in [7, 11) is 0. The second-order valence-electron chi connectivity index (χ2n) is 8.51. The molecule has 8 nitrogen and oxygen atoms in total. The molecular weight excluding hydrogens is 492 g/mol. The van der Waals surface area contributed by atoms with E-state index in [0.29, 0.717) is 16.8 Å². The number of H-pyrrole nitrogens is 1. The highest BCUT2D eigenvalue weighted by Gasteiger charge is 2.24. The summed E-state index contributed by atoms with van der Waals surface area (Å²) in [5.74, 6) is -2.80. The summed E-state index contributed by atoms with van der Waals surface area (Å²) in [6.07, 6.45) is 8.37. The molecule has 1 aliphatic rings. The van der Waals surface area contributed by atoms with Crippen LogP contribution in [-0.2, 0) is 11.3 Å². The van der Waals surface area contributed by atoms with E-state index in [1.165, 1.54) is 18.3 Å². The van der Waals surface area contributed by atoms with Gasteiger partial charge in [-0.05, 0) is 53.6 Å². The molecule has 1 aliphatic heterocycles. The molecule has 3 N–H and O–H groups in total. The Morgan fingerprint density at radius 3 is 2.71 bits per heavy atom. The molecule has 0 saturated carbocycles. The number of hydrogen-bond donors (Lipinski definition) is 3. The third-order valence-electron chi connectivity index (χ3n) is 5.91. The van der Waals surface area contributed by atoms with E-state index in [-0.39, 0.29) is 24.6 Å². The molecule has 0 spiro atoms. The van der Waals surface area contributed by atoms with Crippen molar-refractivity contribution in [1.29, 1.82) is 0 Å². The molecule has 38 heavy (non-hydrogen) atoms. The minimum Gasteiger partial charge on any atom is -0.362 e. The van der Waals surface area contributed by atoms with Crippen molar-refractivity contribution in [2.24, 2.45) is 0 Å². The fourth-order valence-electron chi connectivity index (χ4n) is 4.04. The van der Waals surface area contributed by atoms with Crippen LogP contribution in [0.3, 0.4) is 0 Å². The molecule has 2 aromatic carbocycles. The van der Waals surface area contributed by atoms with Crippen LogP contribution in [-0.4, -0.2) is 33.1 Å². The predicted octanol–water partition coefficient (Wildman–Crippen LogP) is 3.83. The standard InChI is InChI=1S/C28H21F2N5O3/c29-23-8-6-18(13-24(23)30)16-35-28(38)21(9-12-33-35)26(36)32-11-1-3-17-5-7-20-22(15-19-4-2-10-31-19)27(37)34-25(20)14-17/h1-10,12-15,31H,11,16H2,(H,32,36)(H,34,37)/b3-1+,22-15?. The van der Waals surface area contributed by atoms with Crippen LogP contribution in [0.2, 0.25) is 0 Å². The van der Waals surface area contributed by atoms with Gasteiger partial charge in [0, 0.05) is 35.9 Å². The summed E-state index contributed by atoms with van der Waals surface area (Å²) in [4.78, 5) is 40.7. The van der Waals surface area contributed by atoms with Gasteiger partial charge in [0.05, 0.1) is 12.1 Å². The maximum atomic E-state index is 13.5. The topological polar surface area (TPSA) is 109 Å². The summed E-state index contributed by atoms with van der Waals surface area (Å²) in [5.41, 5.74) is 3.25. The van der Waals surface area contributed by atoms with E-state index in [9.17, 15) is 23.2 Å². The number of nitrogens with one attached hydrogen (secondary N) is 3. The molecule has 0 radical (unpaired) electrons. The summed E-state index contributed by atoms with van der Waals surface area (Å²) in [5, 5.41) is 9.43. The Labute approximate surface area is 215 Å². The molecule has 4 aromatic rings. The number of nitrogens with zero attached hydrogens (tertiary/aromatic N) is 2. The van der Waals surface area contributed by atoms with Gasteiger partial charge < -0.3 is 15.6 Å². The Hall–Kier alpha value is -5.12. The normalized spacial score (nSPS) is 13.6. The number of carbonyl (C=O) groups excluding carboxylic acids is 2. The smallest absolute Gasteiger partial charge is 0.279 e. The highest BCUT2D eigenvalue weighted by Crippen LogP contribution is 2.33. The van der Waals surface area contributed by atoms with Gasteiger partial charge in [-0.3, -0.25) is 14.4 Å². The Morgan fingerprint density at radius 2 is 1.92 bits per heavy atom. The quantitative estimate of drug-likeness (QED) is 0.326. The lowest BCUT2D eigenvalue weighted by Crippen LogP contribution is -2.34. The van der Waals surface area contributed by atoms with Gasteiger partial charge in [-0.25, -0.2) is 13.5 Å². The van der Waals surface area contributed by atoms with Crippen LogP contribution in [0.15, 0.2) is 77.9 Å². The first-order chi connectivity index (χ1) is 18.4. The van der Waals surface area contributed by atoms with Crippen LogP contribution < -0.4 is 16.2 Å². The number of fused-ring (bicyclic) bond motifs is 1. The third kappa shape index (κ3) is 5.19. The molecule has 0 unspecified atom stereocenters. The fourth-order valence-corrected chi connectivity index (χ4v) is 4.04. The van der Waals surface area contributed by atoms with E-state index in [2.05, 4.69) is 20.7 Å². The van der Waals surface area contributed by atoms with Crippen molar-refractivity contribution in [3.63, 3.8) is 0 Å². The molecule has 2 aromatic heterocycles. The first kappa shape index (κ1) is 24.6. The molecule has 2 amide bonds. The minimum atomic E-state index is -1.03. The van der Waals surface area contributed by atoms with E-state index in [1.807, 2.05) is 30.3 Å². The molecule has 0 bridgehead atoms. The number of aromatic nitrogens is 3. The second-order valence-corrected chi connectivity index (χ2v) is 8.51. The maximum absolute atomic E-state index is 13.5. The van der Waals surface area contributed by atoms with E-state index < -0.39 is 23.1 Å². The minimum absolute atomic E-state index is 0.117. The zero-order chi connectivity index (χ0) is 26.6. The van der Waals surface area contributed by atoms with Gasteiger partial charge in [-0.15, -0.1) is 0 Å². The number of carbonyl (C=O) groups is 2. The molecule has 10 heteroatoms. The van der Waals surface area contributed by atoms with Crippen LogP contribution in [0.25, 0.3) is 17.7 Å². The Morgan fingerprint density at radius 1 is 1.05 bits per heavy atom. The van der Waals surface area contributed by atoms with E-state index in [4.69, 9.17) is 0 Å². The lowest BCUT2D eigenvalue weighted by Gasteiger charge is -2.07. The number of halogens is 2. The SMILES string of the molecule is O=C1Nc2cc(/C=C/CNC(=O)c3ccnn(Cc4ccc(F)c(F)c4)c3=O)ccc2C1=Cc1ccc[nH]1. The average molecular weight is 514 g/mol. The van der Waals surface area contributed by atoms with Crippen molar-refractivity contribution >= 4 is 35.2 Å². The van der Waals surface area contributed by atoms with E-state index in [1.54, 1.807) is 24.4 Å². The maximum Gasteiger partial charge on any atom is 0.279 e. The number of amides is 2. The van der Waals surface area contributed by atoms with Gasteiger partial charge in [-0.1, -0.05) is 30.4 Å². The van der Waals surface area contributed by atoms with Gasteiger partial charge in [0.1, 0.15) is 5.56 Å². The summed E-state index contributed by atoms with van der Waals surface area (Å²) in [6, 6.07) is 13.9. The van der Waals surface area contributed by atoms with Gasteiger partial charge in [0.15, 0.2) is 11.6 Å². The summed E-state index contributed by atoms with van der Waals surface area (Å²) < 4.78 is 27.6. The van der Waals surface area contributed by atoms with Crippen molar-refractivity contribution in [2.75, 3.05) is 11.9 Å². The van der Waals surface area contributed by atoms with E-state index >= 15 is 0 Å². The fraction of sp³-hybridized carbons (Fsp3) is 0.0714. The zero-order valence-corrected chi connectivity index (χ0v) is 19.9. The van der Waals surface area contributed by atoms with Crippen molar-refractivity contribution in [3.05, 3.63) is 123 Å².